The molecular formula is C11H18O4S. The molecule has 4 nitrogen and oxygen atoms in total. The van der Waals surface area contributed by atoms with Crippen molar-refractivity contribution in [3.8, 4) is 0 Å². The fourth-order valence-corrected chi connectivity index (χ4v) is 3.41. The van der Waals surface area contributed by atoms with E-state index >= 15 is 0 Å². The van der Waals surface area contributed by atoms with Crippen LogP contribution in [0.15, 0.2) is 0 Å². The molecule has 2 saturated heterocycles. The van der Waals surface area contributed by atoms with Gasteiger partial charge in [0.15, 0.2) is 6.29 Å². The number of aliphatic carboxylic acids is 1. The van der Waals surface area contributed by atoms with Gasteiger partial charge in [-0.25, -0.2) is 0 Å². The van der Waals surface area contributed by atoms with Crippen molar-refractivity contribution in [1.29, 1.82) is 0 Å². The Balaban J connectivity index is 1.64. The molecule has 2 rings (SSSR count). The SMILES string of the molecule is O=C(O)CCC1COC(CC2CCSC2)O1. The highest BCUT2D eigenvalue weighted by molar-refractivity contribution is 7.99. The third kappa shape index (κ3) is 3.64. The van der Waals surface area contributed by atoms with Crippen molar-refractivity contribution in [3.63, 3.8) is 0 Å². The van der Waals surface area contributed by atoms with E-state index in [-0.39, 0.29) is 18.8 Å². The van der Waals surface area contributed by atoms with Crippen LogP contribution in [-0.4, -0.2) is 41.6 Å². The Morgan fingerprint density at radius 3 is 3.06 bits per heavy atom. The monoisotopic (exact) mass is 246 g/mol. The molecule has 1 N–H and O–H groups in total. The van der Waals surface area contributed by atoms with E-state index in [1.165, 1.54) is 17.9 Å². The van der Waals surface area contributed by atoms with Crippen LogP contribution in [0.4, 0.5) is 0 Å². The van der Waals surface area contributed by atoms with Crippen LogP contribution >= 0.6 is 11.8 Å². The molecule has 0 aromatic carbocycles. The van der Waals surface area contributed by atoms with E-state index in [1.54, 1.807) is 0 Å². The summed E-state index contributed by atoms with van der Waals surface area (Å²) in [5, 5.41) is 8.57. The smallest absolute Gasteiger partial charge is 0.303 e. The molecule has 0 spiro atoms. The molecule has 0 radical (unpaired) electrons. The molecule has 0 aromatic rings. The van der Waals surface area contributed by atoms with Crippen LogP contribution in [0, 0.1) is 5.92 Å². The van der Waals surface area contributed by atoms with Gasteiger partial charge in [0.25, 0.3) is 0 Å². The quantitative estimate of drug-likeness (QED) is 0.800. The first-order valence-electron chi connectivity index (χ1n) is 5.80. The number of carboxylic acid groups (broad SMARTS) is 1. The fraction of sp³-hybridized carbons (Fsp3) is 0.909. The van der Waals surface area contributed by atoms with Crippen molar-refractivity contribution in [2.75, 3.05) is 18.1 Å². The van der Waals surface area contributed by atoms with Crippen molar-refractivity contribution < 1.29 is 19.4 Å². The molecule has 92 valence electrons. The summed E-state index contributed by atoms with van der Waals surface area (Å²) in [5.41, 5.74) is 0. The van der Waals surface area contributed by atoms with Gasteiger partial charge in [-0.3, -0.25) is 4.79 Å². The molecule has 0 aliphatic carbocycles. The van der Waals surface area contributed by atoms with Crippen LogP contribution in [0.2, 0.25) is 0 Å². The molecule has 0 saturated carbocycles. The topological polar surface area (TPSA) is 55.8 Å². The van der Waals surface area contributed by atoms with Gasteiger partial charge in [-0.2, -0.15) is 11.8 Å². The molecule has 2 aliphatic rings. The molecule has 2 aliphatic heterocycles. The lowest BCUT2D eigenvalue weighted by Gasteiger charge is -2.14. The van der Waals surface area contributed by atoms with Gasteiger partial charge in [0.1, 0.15) is 0 Å². The Morgan fingerprint density at radius 2 is 2.38 bits per heavy atom. The highest BCUT2D eigenvalue weighted by atomic mass is 32.2. The van der Waals surface area contributed by atoms with Crippen molar-refractivity contribution in [1.82, 2.24) is 0 Å². The Morgan fingerprint density at radius 1 is 1.50 bits per heavy atom. The first kappa shape index (κ1) is 12.2. The average Bonchev–Trinajstić information content (AvgIpc) is 2.87. The predicted molar refractivity (Wildman–Crippen MR) is 61.5 cm³/mol. The van der Waals surface area contributed by atoms with Gasteiger partial charge < -0.3 is 14.6 Å². The highest BCUT2D eigenvalue weighted by Crippen LogP contribution is 2.30. The Kier molecular flexibility index (Phi) is 4.49. The summed E-state index contributed by atoms with van der Waals surface area (Å²) in [5.74, 6) is 2.41. The predicted octanol–water partition coefficient (Wildman–Crippen LogP) is 1.74. The number of hydrogen-bond donors (Lipinski definition) is 1. The van der Waals surface area contributed by atoms with Gasteiger partial charge in [0, 0.05) is 12.8 Å². The summed E-state index contributed by atoms with van der Waals surface area (Å²) in [6, 6.07) is 0. The van der Waals surface area contributed by atoms with Crippen molar-refractivity contribution in [2.24, 2.45) is 5.92 Å². The van der Waals surface area contributed by atoms with Gasteiger partial charge in [-0.1, -0.05) is 0 Å². The van der Waals surface area contributed by atoms with Gasteiger partial charge in [0.2, 0.25) is 0 Å². The number of carboxylic acids is 1. The highest BCUT2D eigenvalue weighted by Gasteiger charge is 2.29. The minimum absolute atomic E-state index is 0.0184. The lowest BCUT2D eigenvalue weighted by molar-refractivity contribution is -0.138. The second-order valence-electron chi connectivity index (χ2n) is 4.42. The van der Waals surface area contributed by atoms with Crippen molar-refractivity contribution in [3.05, 3.63) is 0 Å². The number of rotatable bonds is 5. The zero-order chi connectivity index (χ0) is 11.4. The summed E-state index contributed by atoms with van der Waals surface area (Å²) in [6.45, 7) is 0.553. The molecule has 3 atom stereocenters. The molecule has 0 amide bonds. The lowest BCUT2D eigenvalue weighted by Crippen LogP contribution is -2.17. The second kappa shape index (κ2) is 5.89. The van der Waals surface area contributed by atoms with Gasteiger partial charge in [-0.15, -0.1) is 0 Å². The third-order valence-electron chi connectivity index (χ3n) is 3.04. The lowest BCUT2D eigenvalue weighted by atomic mass is 10.1. The fourth-order valence-electron chi connectivity index (χ4n) is 2.11. The zero-order valence-corrected chi connectivity index (χ0v) is 10.1. The third-order valence-corrected chi connectivity index (χ3v) is 4.27. The van der Waals surface area contributed by atoms with Crippen LogP contribution in [0.5, 0.6) is 0 Å². The number of hydrogen-bond acceptors (Lipinski definition) is 4. The molecular weight excluding hydrogens is 228 g/mol. The minimum atomic E-state index is -0.765. The average molecular weight is 246 g/mol. The Hall–Kier alpha value is -0.260. The summed E-state index contributed by atoms with van der Waals surface area (Å²) >= 11 is 1.99. The van der Waals surface area contributed by atoms with Crippen LogP contribution in [0.1, 0.15) is 25.7 Å². The maximum absolute atomic E-state index is 10.4. The van der Waals surface area contributed by atoms with Crippen molar-refractivity contribution in [2.45, 2.75) is 38.1 Å². The minimum Gasteiger partial charge on any atom is -0.481 e. The van der Waals surface area contributed by atoms with E-state index in [0.717, 1.165) is 6.42 Å². The first-order valence-corrected chi connectivity index (χ1v) is 6.96. The second-order valence-corrected chi connectivity index (χ2v) is 5.57. The van der Waals surface area contributed by atoms with E-state index in [1.807, 2.05) is 11.8 Å². The van der Waals surface area contributed by atoms with E-state index in [9.17, 15) is 4.79 Å². The maximum Gasteiger partial charge on any atom is 0.303 e. The largest absolute Gasteiger partial charge is 0.481 e. The summed E-state index contributed by atoms with van der Waals surface area (Å²) < 4.78 is 11.2. The van der Waals surface area contributed by atoms with Crippen LogP contribution in [0.3, 0.4) is 0 Å². The van der Waals surface area contributed by atoms with Gasteiger partial charge in [-0.05, 0) is 30.3 Å². The van der Waals surface area contributed by atoms with E-state index in [4.69, 9.17) is 14.6 Å². The molecule has 2 fully saturated rings. The van der Waals surface area contributed by atoms with Gasteiger partial charge in [0.05, 0.1) is 12.7 Å². The summed E-state index contributed by atoms with van der Waals surface area (Å²) in [7, 11) is 0. The standard InChI is InChI=1S/C11H18O4S/c12-10(13)2-1-9-6-14-11(15-9)5-8-3-4-16-7-8/h8-9,11H,1-7H2,(H,12,13). The first-order chi connectivity index (χ1) is 7.74. The van der Waals surface area contributed by atoms with Crippen LogP contribution in [-0.2, 0) is 14.3 Å². The Bertz CT molecular complexity index is 240. The number of thioether (sulfide) groups is 1. The molecule has 16 heavy (non-hydrogen) atoms. The van der Waals surface area contributed by atoms with Crippen molar-refractivity contribution >= 4 is 17.7 Å². The zero-order valence-electron chi connectivity index (χ0n) is 9.26. The molecule has 0 aromatic heterocycles. The van der Waals surface area contributed by atoms with E-state index in [0.29, 0.717) is 18.9 Å². The summed E-state index contributed by atoms with van der Waals surface area (Å²) in [4.78, 5) is 10.4. The van der Waals surface area contributed by atoms with Crippen LogP contribution < -0.4 is 0 Å². The molecule has 3 unspecified atom stereocenters. The number of carbonyl (C=O) groups is 1. The van der Waals surface area contributed by atoms with Gasteiger partial charge >= 0.3 is 5.97 Å². The molecule has 5 heteroatoms. The van der Waals surface area contributed by atoms with E-state index in [2.05, 4.69) is 0 Å². The van der Waals surface area contributed by atoms with Crippen LogP contribution in [0.25, 0.3) is 0 Å². The normalized spacial score (nSPS) is 34.4. The number of ether oxygens (including phenoxy) is 2. The van der Waals surface area contributed by atoms with E-state index < -0.39 is 5.97 Å². The molecule has 2 heterocycles. The maximum atomic E-state index is 10.4. The molecule has 0 bridgehead atoms. The Labute approximate surface area is 99.7 Å². The summed E-state index contributed by atoms with van der Waals surface area (Å²) in [6.07, 6.45) is 2.84.